The molecule has 0 amide bonds. The SMILES string of the molecule is NCCC(=O)OCC1CCOC1. The molecule has 12 heavy (non-hydrogen) atoms. The molecule has 0 radical (unpaired) electrons. The quantitative estimate of drug-likeness (QED) is 0.604. The summed E-state index contributed by atoms with van der Waals surface area (Å²) < 4.78 is 10.1. The number of nitrogens with two attached hydrogens (primary N) is 1. The normalized spacial score (nSPS) is 22.6. The Labute approximate surface area is 72.0 Å². The first-order valence-corrected chi connectivity index (χ1v) is 4.26. The van der Waals surface area contributed by atoms with Crippen LogP contribution in [0, 0.1) is 5.92 Å². The Balaban J connectivity index is 2.03. The maximum Gasteiger partial charge on any atom is 0.307 e. The van der Waals surface area contributed by atoms with Crippen LogP contribution in [-0.4, -0.2) is 32.3 Å². The van der Waals surface area contributed by atoms with E-state index in [2.05, 4.69) is 0 Å². The van der Waals surface area contributed by atoms with Crippen molar-refractivity contribution in [2.75, 3.05) is 26.4 Å². The van der Waals surface area contributed by atoms with Gasteiger partial charge in [-0.05, 0) is 6.42 Å². The molecule has 1 atom stereocenters. The average molecular weight is 173 g/mol. The summed E-state index contributed by atoms with van der Waals surface area (Å²) in [5.41, 5.74) is 5.19. The molecule has 4 heteroatoms. The molecule has 0 spiro atoms. The molecule has 1 rings (SSSR count). The van der Waals surface area contributed by atoms with E-state index in [4.69, 9.17) is 15.2 Å². The molecule has 2 N–H and O–H groups in total. The standard InChI is InChI=1S/C8H15NO3/c9-3-1-8(10)12-6-7-2-4-11-5-7/h7H,1-6,9H2. The van der Waals surface area contributed by atoms with Crippen LogP contribution < -0.4 is 5.73 Å². The highest BCUT2D eigenvalue weighted by Gasteiger charge is 2.17. The van der Waals surface area contributed by atoms with Crippen LogP contribution in [0.2, 0.25) is 0 Å². The van der Waals surface area contributed by atoms with Gasteiger partial charge in [0.25, 0.3) is 0 Å². The van der Waals surface area contributed by atoms with E-state index in [0.717, 1.165) is 19.6 Å². The van der Waals surface area contributed by atoms with Gasteiger partial charge in [-0.1, -0.05) is 0 Å². The van der Waals surface area contributed by atoms with Crippen LogP contribution >= 0.6 is 0 Å². The van der Waals surface area contributed by atoms with Crippen LogP contribution in [0.25, 0.3) is 0 Å². The van der Waals surface area contributed by atoms with Crippen molar-refractivity contribution in [2.45, 2.75) is 12.8 Å². The minimum Gasteiger partial charge on any atom is -0.465 e. The van der Waals surface area contributed by atoms with Gasteiger partial charge in [-0.3, -0.25) is 4.79 Å². The fourth-order valence-electron chi connectivity index (χ4n) is 1.12. The Morgan fingerprint density at radius 1 is 1.67 bits per heavy atom. The van der Waals surface area contributed by atoms with Gasteiger partial charge in [0.2, 0.25) is 0 Å². The first-order valence-electron chi connectivity index (χ1n) is 4.26. The van der Waals surface area contributed by atoms with E-state index >= 15 is 0 Å². The van der Waals surface area contributed by atoms with Crippen molar-refractivity contribution < 1.29 is 14.3 Å². The zero-order valence-electron chi connectivity index (χ0n) is 7.12. The molecule has 0 aromatic carbocycles. The van der Waals surface area contributed by atoms with Gasteiger partial charge in [0.05, 0.1) is 19.6 Å². The van der Waals surface area contributed by atoms with Crippen molar-refractivity contribution in [1.29, 1.82) is 0 Å². The summed E-state index contributed by atoms with van der Waals surface area (Å²) in [6.07, 6.45) is 1.31. The maximum atomic E-state index is 10.9. The molecule has 1 fully saturated rings. The fourth-order valence-corrected chi connectivity index (χ4v) is 1.12. The van der Waals surface area contributed by atoms with E-state index in [1.54, 1.807) is 0 Å². The van der Waals surface area contributed by atoms with Crippen molar-refractivity contribution in [3.8, 4) is 0 Å². The van der Waals surface area contributed by atoms with Gasteiger partial charge in [-0.15, -0.1) is 0 Å². The molecule has 0 aromatic heterocycles. The molecular formula is C8H15NO3. The first kappa shape index (κ1) is 9.48. The number of ether oxygens (including phenoxy) is 2. The average Bonchev–Trinajstić information content (AvgIpc) is 2.53. The molecule has 1 heterocycles. The van der Waals surface area contributed by atoms with Crippen molar-refractivity contribution in [3.63, 3.8) is 0 Å². The summed E-state index contributed by atoms with van der Waals surface area (Å²) >= 11 is 0. The molecule has 1 aliphatic heterocycles. The lowest BCUT2D eigenvalue weighted by Gasteiger charge is -2.07. The molecular weight excluding hydrogens is 158 g/mol. The molecule has 1 saturated heterocycles. The Morgan fingerprint density at radius 3 is 3.08 bits per heavy atom. The Bertz CT molecular complexity index is 143. The summed E-state index contributed by atoms with van der Waals surface area (Å²) in [7, 11) is 0. The molecule has 4 nitrogen and oxygen atoms in total. The largest absolute Gasteiger partial charge is 0.465 e. The molecule has 0 bridgehead atoms. The Hall–Kier alpha value is -0.610. The monoisotopic (exact) mass is 173 g/mol. The summed E-state index contributed by atoms with van der Waals surface area (Å²) in [4.78, 5) is 10.9. The second-order valence-corrected chi connectivity index (χ2v) is 2.95. The smallest absolute Gasteiger partial charge is 0.307 e. The minimum absolute atomic E-state index is 0.204. The number of hydrogen-bond acceptors (Lipinski definition) is 4. The summed E-state index contributed by atoms with van der Waals surface area (Å²) in [5.74, 6) is 0.191. The van der Waals surface area contributed by atoms with Gasteiger partial charge in [-0.25, -0.2) is 0 Å². The number of carbonyl (C=O) groups is 1. The van der Waals surface area contributed by atoms with Crippen LogP contribution in [0.4, 0.5) is 0 Å². The van der Waals surface area contributed by atoms with Gasteiger partial charge in [0, 0.05) is 19.1 Å². The molecule has 1 aliphatic rings. The van der Waals surface area contributed by atoms with Crippen molar-refractivity contribution >= 4 is 5.97 Å². The second kappa shape index (κ2) is 5.11. The summed E-state index contributed by atoms with van der Waals surface area (Å²) in [6, 6.07) is 0. The molecule has 70 valence electrons. The van der Waals surface area contributed by atoms with Gasteiger partial charge in [0.15, 0.2) is 0 Å². The summed E-state index contributed by atoms with van der Waals surface area (Å²) in [5, 5.41) is 0. The lowest BCUT2D eigenvalue weighted by molar-refractivity contribution is -0.144. The van der Waals surface area contributed by atoms with Crippen LogP contribution in [-0.2, 0) is 14.3 Å². The first-order chi connectivity index (χ1) is 5.83. The van der Waals surface area contributed by atoms with Crippen molar-refractivity contribution in [2.24, 2.45) is 11.7 Å². The van der Waals surface area contributed by atoms with Gasteiger partial charge >= 0.3 is 5.97 Å². The number of hydrogen-bond donors (Lipinski definition) is 1. The molecule has 0 aliphatic carbocycles. The molecule has 1 unspecified atom stereocenters. The highest BCUT2D eigenvalue weighted by Crippen LogP contribution is 2.12. The number of rotatable bonds is 4. The fraction of sp³-hybridized carbons (Fsp3) is 0.875. The zero-order valence-corrected chi connectivity index (χ0v) is 7.12. The highest BCUT2D eigenvalue weighted by molar-refractivity contribution is 5.69. The molecule has 0 saturated carbocycles. The number of esters is 1. The van der Waals surface area contributed by atoms with Crippen LogP contribution in [0.15, 0.2) is 0 Å². The van der Waals surface area contributed by atoms with E-state index in [1.165, 1.54) is 0 Å². The molecule has 0 aromatic rings. The van der Waals surface area contributed by atoms with Gasteiger partial charge in [-0.2, -0.15) is 0 Å². The third-order valence-electron chi connectivity index (χ3n) is 1.85. The predicted octanol–water partition coefficient (Wildman–Crippen LogP) is -0.0851. The Kier molecular flexibility index (Phi) is 4.04. The van der Waals surface area contributed by atoms with Crippen LogP contribution in [0.1, 0.15) is 12.8 Å². The lowest BCUT2D eigenvalue weighted by Crippen LogP contribution is -2.16. The van der Waals surface area contributed by atoms with Crippen LogP contribution in [0.5, 0.6) is 0 Å². The third-order valence-corrected chi connectivity index (χ3v) is 1.85. The van der Waals surface area contributed by atoms with E-state index in [1.807, 2.05) is 0 Å². The maximum absolute atomic E-state index is 10.9. The third kappa shape index (κ3) is 3.19. The van der Waals surface area contributed by atoms with Gasteiger partial charge in [0.1, 0.15) is 0 Å². The van der Waals surface area contributed by atoms with E-state index in [0.29, 0.717) is 25.5 Å². The van der Waals surface area contributed by atoms with E-state index in [9.17, 15) is 4.79 Å². The van der Waals surface area contributed by atoms with E-state index in [-0.39, 0.29) is 5.97 Å². The second-order valence-electron chi connectivity index (χ2n) is 2.95. The van der Waals surface area contributed by atoms with Crippen molar-refractivity contribution in [1.82, 2.24) is 0 Å². The highest BCUT2D eigenvalue weighted by atomic mass is 16.5. The predicted molar refractivity (Wildman–Crippen MR) is 43.6 cm³/mol. The number of carbonyl (C=O) groups excluding carboxylic acids is 1. The lowest BCUT2D eigenvalue weighted by atomic mass is 10.1. The minimum atomic E-state index is -0.204. The van der Waals surface area contributed by atoms with Gasteiger partial charge < -0.3 is 15.2 Å². The van der Waals surface area contributed by atoms with Crippen LogP contribution in [0.3, 0.4) is 0 Å². The Morgan fingerprint density at radius 2 is 2.50 bits per heavy atom. The summed E-state index contributed by atoms with van der Waals surface area (Å²) in [6.45, 7) is 2.36. The van der Waals surface area contributed by atoms with Crippen molar-refractivity contribution in [3.05, 3.63) is 0 Å². The topological polar surface area (TPSA) is 61.6 Å². The van der Waals surface area contributed by atoms with E-state index < -0.39 is 0 Å². The zero-order chi connectivity index (χ0) is 8.81.